The van der Waals surface area contributed by atoms with E-state index in [9.17, 15) is 14.0 Å². The van der Waals surface area contributed by atoms with Gasteiger partial charge in [0.25, 0.3) is 0 Å². The molecule has 5 nitrogen and oxygen atoms in total. The molecule has 0 saturated heterocycles. The maximum Gasteiger partial charge on any atom is 0.349 e. The number of amides is 1. The van der Waals surface area contributed by atoms with Gasteiger partial charge >= 0.3 is 5.69 Å². The molecule has 1 amide bonds. The molecular formula is C24H23ClFN3O2. The quantitative estimate of drug-likeness (QED) is 0.558. The zero-order valence-electron chi connectivity index (χ0n) is 17.0. The second-order valence-electron chi connectivity index (χ2n) is 7.68. The normalized spacial score (nSPS) is 13.8. The number of hydrogen-bond donors (Lipinski definition) is 1. The topological polar surface area (TPSA) is 64.0 Å². The highest BCUT2D eigenvalue weighted by Gasteiger charge is 2.17. The molecule has 1 N–H and O–H groups in total. The first kappa shape index (κ1) is 21.2. The number of benzene rings is 2. The summed E-state index contributed by atoms with van der Waals surface area (Å²) in [6.07, 6.45) is 7.69. The van der Waals surface area contributed by atoms with E-state index in [2.05, 4.69) is 16.4 Å². The smallest absolute Gasteiger partial charge is 0.349 e. The molecule has 0 bridgehead atoms. The van der Waals surface area contributed by atoms with Gasteiger partial charge in [-0.3, -0.25) is 9.36 Å². The van der Waals surface area contributed by atoms with Gasteiger partial charge in [-0.2, -0.15) is 4.98 Å². The third-order valence-electron chi connectivity index (χ3n) is 5.53. The molecule has 0 atom stereocenters. The number of allylic oxidation sites excluding steroid dienone is 1. The van der Waals surface area contributed by atoms with E-state index in [1.807, 2.05) is 0 Å². The Bertz CT molecular complexity index is 1220. The Hall–Kier alpha value is -2.99. The lowest BCUT2D eigenvalue weighted by molar-refractivity contribution is -0.121. The van der Waals surface area contributed by atoms with E-state index < -0.39 is 11.5 Å². The molecule has 1 heterocycles. The Morgan fingerprint density at radius 2 is 2.03 bits per heavy atom. The Labute approximate surface area is 184 Å². The van der Waals surface area contributed by atoms with Crippen LogP contribution in [-0.4, -0.2) is 22.0 Å². The van der Waals surface area contributed by atoms with Crippen LogP contribution in [0, 0.1) is 5.82 Å². The molecule has 4 rings (SSSR count). The fourth-order valence-electron chi connectivity index (χ4n) is 3.96. The number of nitrogens with one attached hydrogen (secondary N) is 1. The largest absolute Gasteiger partial charge is 0.354 e. The van der Waals surface area contributed by atoms with Crippen molar-refractivity contribution in [1.82, 2.24) is 14.9 Å². The Kier molecular flexibility index (Phi) is 6.47. The van der Waals surface area contributed by atoms with Gasteiger partial charge in [-0.25, -0.2) is 9.18 Å². The first-order chi connectivity index (χ1) is 15.0. The third-order valence-corrected chi connectivity index (χ3v) is 5.76. The Morgan fingerprint density at radius 1 is 1.19 bits per heavy atom. The van der Waals surface area contributed by atoms with Crippen LogP contribution in [0.2, 0.25) is 5.02 Å². The summed E-state index contributed by atoms with van der Waals surface area (Å²) in [5.41, 5.74) is 1.66. The molecule has 7 heteroatoms. The van der Waals surface area contributed by atoms with Crippen LogP contribution in [0.5, 0.6) is 0 Å². The van der Waals surface area contributed by atoms with E-state index in [0.717, 1.165) is 19.3 Å². The zero-order valence-corrected chi connectivity index (χ0v) is 17.8. The van der Waals surface area contributed by atoms with Crippen LogP contribution in [0.3, 0.4) is 0 Å². The summed E-state index contributed by atoms with van der Waals surface area (Å²) in [5, 5.41) is 3.83. The predicted octanol–water partition coefficient (Wildman–Crippen LogP) is 4.86. The number of fused-ring (bicyclic) bond motifs is 1. The molecule has 0 saturated carbocycles. The lowest BCUT2D eigenvalue weighted by atomic mass is 9.97. The summed E-state index contributed by atoms with van der Waals surface area (Å²) in [4.78, 5) is 29.4. The summed E-state index contributed by atoms with van der Waals surface area (Å²) in [5.74, 6) is -0.751. The summed E-state index contributed by atoms with van der Waals surface area (Å²) in [7, 11) is 0. The van der Waals surface area contributed by atoms with Crippen molar-refractivity contribution in [3.63, 3.8) is 0 Å². The van der Waals surface area contributed by atoms with Crippen LogP contribution in [-0.2, 0) is 11.3 Å². The van der Waals surface area contributed by atoms with Crippen molar-refractivity contribution in [2.24, 2.45) is 0 Å². The van der Waals surface area contributed by atoms with Crippen LogP contribution < -0.4 is 11.0 Å². The molecule has 1 aromatic heterocycles. The van der Waals surface area contributed by atoms with Crippen molar-refractivity contribution in [3.05, 3.63) is 75.4 Å². The molecule has 0 fully saturated rings. The van der Waals surface area contributed by atoms with Crippen molar-refractivity contribution in [2.45, 2.75) is 38.6 Å². The molecule has 2 aromatic carbocycles. The van der Waals surface area contributed by atoms with Crippen molar-refractivity contribution in [3.8, 4) is 11.3 Å². The van der Waals surface area contributed by atoms with Crippen molar-refractivity contribution >= 4 is 28.4 Å². The number of rotatable bonds is 6. The SMILES string of the molecule is O=C(Cn1c(=O)nc(-c2ccccc2F)c2cc(Cl)ccc21)NCCC1=CCCCC1. The third kappa shape index (κ3) is 4.85. The van der Waals surface area contributed by atoms with Crippen LogP contribution in [0.1, 0.15) is 32.1 Å². The van der Waals surface area contributed by atoms with Crippen LogP contribution in [0.15, 0.2) is 58.9 Å². The average Bonchev–Trinajstić information content (AvgIpc) is 2.77. The summed E-state index contributed by atoms with van der Waals surface area (Å²) < 4.78 is 15.7. The number of aromatic nitrogens is 2. The minimum absolute atomic E-state index is 0.166. The lowest BCUT2D eigenvalue weighted by Crippen LogP contribution is -2.34. The van der Waals surface area contributed by atoms with E-state index >= 15 is 0 Å². The van der Waals surface area contributed by atoms with Gasteiger partial charge in [0.2, 0.25) is 5.91 Å². The number of nitrogens with zero attached hydrogens (tertiary/aromatic N) is 2. The maximum absolute atomic E-state index is 14.4. The Morgan fingerprint density at radius 3 is 2.81 bits per heavy atom. The highest BCUT2D eigenvalue weighted by atomic mass is 35.5. The van der Waals surface area contributed by atoms with E-state index in [1.165, 1.54) is 29.0 Å². The molecule has 160 valence electrons. The second kappa shape index (κ2) is 9.43. The average molecular weight is 440 g/mol. The standard InChI is InChI=1S/C24H23ClFN3O2/c25-17-10-11-21-19(14-17)23(18-8-4-5-9-20(18)26)28-24(31)29(21)15-22(30)27-13-12-16-6-2-1-3-7-16/h4-6,8-11,14H,1-3,7,12-13,15H2,(H,27,30). The summed E-state index contributed by atoms with van der Waals surface area (Å²) >= 11 is 6.16. The van der Waals surface area contributed by atoms with E-state index in [1.54, 1.807) is 36.4 Å². The van der Waals surface area contributed by atoms with Gasteiger partial charge in [-0.1, -0.05) is 35.4 Å². The van der Waals surface area contributed by atoms with Crippen LogP contribution >= 0.6 is 11.6 Å². The van der Waals surface area contributed by atoms with Crippen molar-refractivity contribution in [2.75, 3.05) is 6.54 Å². The maximum atomic E-state index is 14.4. The second-order valence-corrected chi connectivity index (χ2v) is 8.11. The molecule has 1 aliphatic rings. The molecule has 3 aromatic rings. The number of carbonyl (C=O) groups excluding carboxylic acids is 1. The predicted molar refractivity (Wildman–Crippen MR) is 121 cm³/mol. The summed E-state index contributed by atoms with van der Waals surface area (Å²) in [6.45, 7) is 0.366. The van der Waals surface area contributed by atoms with Gasteiger partial charge in [0, 0.05) is 22.5 Å². The fraction of sp³-hybridized carbons (Fsp3) is 0.292. The number of hydrogen-bond acceptors (Lipinski definition) is 3. The van der Waals surface area contributed by atoms with Gasteiger partial charge in [0.15, 0.2) is 0 Å². The van der Waals surface area contributed by atoms with E-state index in [4.69, 9.17) is 11.6 Å². The van der Waals surface area contributed by atoms with E-state index in [-0.39, 0.29) is 23.7 Å². The molecule has 0 spiro atoms. The van der Waals surface area contributed by atoms with Gasteiger partial charge in [0.1, 0.15) is 12.4 Å². The van der Waals surface area contributed by atoms with E-state index in [0.29, 0.717) is 22.5 Å². The molecule has 0 unspecified atom stereocenters. The number of halogens is 2. The fourth-order valence-corrected chi connectivity index (χ4v) is 4.13. The van der Waals surface area contributed by atoms with Crippen molar-refractivity contribution < 1.29 is 9.18 Å². The first-order valence-electron chi connectivity index (χ1n) is 10.4. The monoisotopic (exact) mass is 439 g/mol. The van der Waals surface area contributed by atoms with Crippen LogP contribution in [0.4, 0.5) is 4.39 Å². The minimum atomic E-state index is -0.613. The Balaban J connectivity index is 1.61. The minimum Gasteiger partial charge on any atom is -0.354 e. The molecular weight excluding hydrogens is 417 g/mol. The van der Waals surface area contributed by atoms with Crippen molar-refractivity contribution in [1.29, 1.82) is 0 Å². The molecule has 0 aliphatic heterocycles. The number of carbonyl (C=O) groups is 1. The molecule has 1 aliphatic carbocycles. The summed E-state index contributed by atoms with van der Waals surface area (Å²) in [6, 6.07) is 11.1. The van der Waals surface area contributed by atoms with Gasteiger partial charge in [-0.15, -0.1) is 0 Å². The van der Waals surface area contributed by atoms with Gasteiger partial charge in [0.05, 0.1) is 11.2 Å². The highest BCUT2D eigenvalue weighted by molar-refractivity contribution is 6.31. The first-order valence-corrected chi connectivity index (χ1v) is 10.8. The zero-order chi connectivity index (χ0) is 21.8. The molecule has 0 radical (unpaired) electrons. The highest BCUT2D eigenvalue weighted by Crippen LogP contribution is 2.29. The van der Waals surface area contributed by atoms with Gasteiger partial charge in [-0.05, 0) is 62.4 Å². The molecule has 31 heavy (non-hydrogen) atoms. The van der Waals surface area contributed by atoms with Gasteiger partial charge < -0.3 is 5.32 Å². The van der Waals surface area contributed by atoms with Crippen LogP contribution in [0.25, 0.3) is 22.2 Å². The lowest BCUT2D eigenvalue weighted by Gasteiger charge is -2.15.